The van der Waals surface area contributed by atoms with E-state index in [-0.39, 0.29) is 0 Å². The summed E-state index contributed by atoms with van der Waals surface area (Å²) in [6.45, 7) is 2.24. The monoisotopic (exact) mass is 660 g/mol. The second kappa shape index (κ2) is 10.1. The first-order valence-electron chi connectivity index (χ1n) is 16.2. The van der Waals surface area contributed by atoms with Gasteiger partial charge in [-0.2, -0.15) is 0 Å². The molecule has 0 bridgehead atoms. The lowest BCUT2D eigenvalue weighted by atomic mass is 9.60. The zero-order valence-electron chi connectivity index (χ0n) is 25.6. The topological polar surface area (TPSA) is 40.5 Å². The Morgan fingerprint density at radius 3 is 2.30 bits per heavy atom. The van der Waals surface area contributed by atoms with Gasteiger partial charge in [-0.25, -0.2) is 0 Å². The van der Waals surface area contributed by atoms with Crippen molar-refractivity contribution in [3.8, 4) is 0 Å². The average molecular weight is 662 g/mol. The number of hydrogen-bond donors (Lipinski definition) is 2. The van der Waals surface area contributed by atoms with Gasteiger partial charge in [0.2, 0.25) is 0 Å². The molecule has 0 radical (unpaired) electrons. The maximum atomic E-state index is 13.7. The van der Waals surface area contributed by atoms with E-state index in [0.717, 1.165) is 73.1 Å². The highest BCUT2D eigenvalue weighted by molar-refractivity contribution is 9.10. The molecule has 0 aromatic heterocycles. The van der Waals surface area contributed by atoms with Crippen LogP contribution in [0.5, 0.6) is 0 Å². The van der Waals surface area contributed by atoms with Crippen LogP contribution in [0.2, 0.25) is 0 Å². The van der Waals surface area contributed by atoms with E-state index in [1.165, 1.54) is 16.7 Å². The van der Waals surface area contributed by atoms with Crippen LogP contribution in [0.1, 0.15) is 69.0 Å². The fourth-order valence-corrected chi connectivity index (χ4v) is 8.79. The largest absolute Gasteiger partial charge is 0.376 e. The van der Waals surface area contributed by atoms with E-state index in [4.69, 9.17) is 0 Å². The van der Waals surface area contributed by atoms with Gasteiger partial charge in [0.15, 0.2) is 0 Å². The van der Waals surface area contributed by atoms with E-state index < -0.39 is 11.2 Å². The Morgan fingerprint density at radius 2 is 1.43 bits per heavy atom. The van der Waals surface area contributed by atoms with Gasteiger partial charge in [-0.3, -0.25) is 0 Å². The molecule has 46 heavy (non-hydrogen) atoms. The third-order valence-corrected chi connectivity index (χ3v) is 11.1. The zero-order chi connectivity index (χ0) is 31.2. The maximum absolute atomic E-state index is 13.7. The summed E-state index contributed by atoms with van der Waals surface area (Å²) in [5.41, 5.74) is 6.14. The molecule has 0 amide bonds. The molecule has 2 nitrogen and oxygen atoms in total. The first-order chi connectivity index (χ1) is 22.4. The van der Waals surface area contributed by atoms with Crippen molar-refractivity contribution in [2.75, 3.05) is 0 Å². The van der Waals surface area contributed by atoms with Crippen molar-refractivity contribution in [3.63, 3.8) is 0 Å². The molecule has 224 valence electrons. The molecule has 6 aromatic carbocycles. The Morgan fingerprint density at radius 1 is 0.696 bits per heavy atom. The Balaban J connectivity index is 1.47. The van der Waals surface area contributed by atoms with E-state index in [1.54, 1.807) is 0 Å². The molecule has 9 rings (SSSR count). The highest BCUT2D eigenvalue weighted by atomic mass is 79.9. The van der Waals surface area contributed by atoms with Gasteiger partial charge in [-0.1, -0.05) is 132 Å². The third kappa shape index (κ3) is 3.83. The maximum Gasteiger partial charge on any atom is 0.142 e. The van der Waals surface area contributed by atoms with E-state index in [1.807, 2.05) is 30.3 Å². The van der Waals surface area contributed by atoms with Gasteiger partial charge in [-0.15, -0.1) is 0 Å². The summed E-state index contributed by atoms with van der Waals surface area (Å²) in [6, 6.07) is 35.4. The van der Waals surface area contributed by atoms with E-state index >= 15 is 0 Å². The predicted molar refractivity (Wildman–Crippen MR) is 192 cm³/mol. The van der Waals surface area contributed by atoms with Gasteiger partial charge in [-0.05, 0) is 104 Å². The average Bonchev–Trinajstić information content (AvgIpc) is 3.09. The first kappa shape index (κ1) is 28.0. The fourth-order valence-electron chi connectivity index (χ4n) is 8.43. The Bertz CT molecular complexity index is 2310. The highest BCUT2D eigenvalue weighted by Gasteiger charge is 2.53. The number of hydrogen-bond acceptors (Lipinski definition) is 2. The lowest BCUT2D eigenvalue weighted by molar-refractivity contribution is 0.0757. The van der Waals surface area contributed by atoms with Gasteiger partial charge in [0.05, 0.1) is 0 Å². The lowest BCUT2D eigenvalue weighted by Gasteiger charge is -2.47. The number of halogens is 1. The molecule has 0 aliphatic heterocycles. The minimum absolute atomic E-state index is 0.424. The number of aryl methyl sites for hydroxylation is 1. The summed E-state index contributed by atoms with van der Waals surface area (Å²) in [5.74, 6) is 0.424. The number of rotatable bonds is 2. The van der Waals surface area contributed by atoms with Crippen LogP contribution in [0.15, 0.2) is 120 Å². The van der Waals surface area contributed by atoms with Gasteiger partial charge in [0, 0.05) is 21.2 Å². The number of aliphatic hydroxyl groups is 2. The molecule has 0 spiro atoms. The fraction of sp³-hybridized carbons (Fsp3) is 0.163. The van der Waals surface area contributed by atoms with Crippen molar-refractivity contribution in [2.24, 2.45) is 5.92 Å². The van der Waals surface area contributed by atoms with Crippen LogP contribution in [0.3, 0.4) is 0 Å². The minimum Gasteiger partial charge on any atom is -0.376 e. The summed E-state index contributed by atoms with van der Waals surface area (Å²) >= 11 is 3.75. The minimum atomic E-state index is -1.53. The number of benzene rings is 6. The quantitative estimate of drug-likeness (QED) is 0.194. The van der Waals surface area contributed by atoms with Crippen LogP contribution >= 0.6 is 15.9 Å². The molecule has 3 aliphatic rings. The van der Waals surface area contributed by atoms with Crippen LogP contribution in [0, 0.1) is 5.92 Å². The molecule has 0 saturated heterocycles. The molecule has 2 N–H and O–H groups in total. The molecule has 0 heterocycles. The molecular weight excluding hydrogens is 628 g/mol. The van der Waals surface area contributed by atoms with E-state index in [2.05, 4.69) is 120 Å². The van der Waals surface area contributed by atoms with Crippen molar-refractivity contribution in [2.45, 2.75) is 37.4 Å². The van der Waals surface area contributed by atoms with Crippen molar-refractivity contribution in [1.29, 1.82) is 0 Å². The molecule has 3 aliphatic carbocycles. The van der Waals surface area contributed by atoms with Gasteiger partial charge >= 0.3 is 0 Å². The summed E-state index contributed by atoms with van der Waals surface area (Å²) in [4.78, 5) is 0. The Kier molecular flexibility index (Phi) is 6.15. The molecular formula is C43H33BrO2. The van der Waals surface area contributed by atoms with Gasteiger partial charge in [0.1, 0.15) is 11.2 Å². The lowest BCUT2D eigenvalue weighted by Crippen LogP contribution is -2.45. The van der Waals surface area contributed by atoms with Gasteiger partial charge < -0.3 is 10.2 Å². The molecule has 3 heteroatoms. The van der Waals surface area contributed by atoms with Crippen LogP contribution in [0.4, 0.5) is 0 Å². The summed E-state index contributed by atoms with van der Waals surface area (Å²) in [5, 5.41) is 31.7. The van der Waals surface area contributed by atoms with E-state index in [9.17, 15) is 10.2 Å². The molecule has 6 aromatic rings. The number of fused-ring (bicyclic) bond motifs is 9. The van der Waals surface area contributed by atoms with Crippen molar-refractivity contribution >= 4 is 49.6 Å². The van der Waals surface area contributed by atoms with Crippen molar-refractivity contribution in [1.82, 2.24) is 0 Å². The second-order valence-electron chi connectivity index (χ2n) is 13.3. The van der Waals surface area contributed by atoms with Gasteiger partial charge in [0.25, 0.3) is 0 Å². The van der Waals surface area contributed by atoms with Crippen LogP contribution in [-0.2, 0) is 24.0 Å². The summed E-state index contributed by atoms with van der Waals surface area (Å²) in [6.07, 6.45) is 11.6. The normalized spacial score (nSPS) is 22.7. The summed E-state index contributed by atoms with van der Waals surface area (Å²) in [7, 11) is 0. The standard InChI is InChI=1S/C43H33BrO2/c1-26-14-15-28-17-19-32(24-30(28)22-26)43(46)39-25-33(44)20-21-38(39)42(45,31-18-16-27-8-2-3-9-29(27)23-31)40-36-12-6-4-10-34(36)35-11-5-7-13-37(35)41(40)43/h2-3,5-9,11-21,23-26,45-46H,4,10,22H2,1H3. The summed E-state index contributed by atoms with van der Waals surface area (Å²) < 4.78 is 0.852. The highest BCUT2D eigenvalue weighted by Crippen LogP contribution is 2.58. The first-order valence-corrected chi connectivity index (χ1v) is 17.0. The van der Waals surface area contributed by atoms with Crippen molar-refractivity contribution in [3.05, 3.63) is 175 Å². The Hall–Kier alpha value is -4.28. The number of allylic oxidation sites excluding steroid dienone is 2. The Labute approximate surface area is 277 Å². The molecule has 3 unspecified atom stereocenters. The molecule has 0 fully saturated rings. The van der Waals surface area contributed by atoms with Crippen LogP contribution in [-0.4, -0.2) is 10.2 Å². The van der Waals surface area contributed by atoms with E-state index in [0.29, 0.717) is 17.0 Å². The third-order valence-electron chi connectivity index (χ3n) is 10.6. The van der Waals surface area contributed by atoms with Crippen LogP contribution in [0.25, 0.3) is 33.7 Å². The van der Waals surface area contributed by atoms with Crippen LogP contribution < -0.4 is 0 Å². The zero-order valence-corrected chi connectivity index (χ0v) is 27.2. The predicted octanol–water partition coefficient (Wildman–Crippen LogP) is 9.80. The van der Waals surface area contributed by atoms with Crippen molar-refractivity contribution < 1.29 is 10.2 Å². The SMILES string of the molecule is CC1C=Cc2ccc(C3(O)c4cc(Br)ccc4C(O)(c4ccc5ccccc5c4)c4c5c(c6ccccc6c43)CCC=C5)cc2C1. The second-order valence-corrected chi connectivity index (χ2v) is 14.2. The molecule has 0 saturated carbocycles. The molecule has 3 atom stereocenters. The smallest absolute Gasteiger partial charge is 0.142 e.